The smallest absolute Gasteiger partial charge is 0.341 e. The summed E-state index contributed by atoms with van der Waals surface area (Å²) in [5.74, 6) is -0.765. The number of nitrogens with one attached hydrogen (secondary N) is 1. The largest absolute Gasteiger partial charge is 0.462 e. The molecule has 1 aromatic heterocycles. The van der Waals surface area contributed by atoms with Gasteiger partial charge in [0.1, 0.15) is 5.00 Å². The second kappa shape index (κ2) is 6.87. The van der Waals surface area contributed by atoms with Gasteiger partial charge in [0, 0.05) is 10.9 Å². The van der Waals surface area contributed by atoms with Crippen molar-refractivity contribution in [3.05, 3.63) is 28.7 Å². The summed E-state index contributed by atoms with van der Waals surface area (Å²) in [7, 11) is 0. The van der Waals surface area contributed by atoms with Crippen molar-refractivity contribution >= 4 is 28.2 Å². The zero-order chi connectivity index (χ0) is 15.4. The highest BCUT2D eigenvalue weighted by Gasteiger charge is 2.25. The Balaban J connectivity index is 2.14. The van der Waals surface area contributed by atoms with Crippen LogP contribution in [0.15, 0.2) is 18.2 Å². The lowest BCUT2D eigenvalue weighted by molar-refractivity contribution is -0.118. The van der Waals surface area contributed by atoms with Crippen LogP contribution >= 0.6 is 11.3 Å². The number of hydrogen-bond acceptors (Lipinski definition) is 5. The van der Waals surface area contributed by atoms with Crippen molar-refractivity contribution in [2.24, 2.45) is 11.7 Å². The van der Waals surface area contributed by atoms with Gasteiger partial charge in [-0.2, -0.15) is 0 Å². The van der Waals surface area contributed by atoms with Crippen LogP contribution in [0.2, 0.25) is 0 Å². The van der Waals surface area contributed by atoms with Crippen molar-refractivity contribution in [2.75, 3.05) is 11.9 Å². The Hall–Kier alpha value is -1.66. The highest BCUT2D eigenvalue weighted by atomic mass is 32.1. The van der Waals surface area contributed by atoms with E-state index in [1.165, 1.54) is 11.3 Å². The second-order valence-corrected chi connectivity index (χ2v) is 6.05. The number of carbonyl (C=O) groups excluding carboxylic acids is 2. The molecule has 0 aromatic carbocycles. The van der Waals surface area contributed by atoms with Crippen LogP contribution in [0.4, 0.5) is 5.00 Å². The SMILES string of the molecule is CCOC(=O)c1cc(CC)sc1NC(=O)C1C=CC(N)C1. The lowest BCUT2D eigenvalue weighted by atomic mass is 10.1. The fraction of sp³-hybridized carbons (Fsp3) is 0.467. The molecule has 0 radical (unpaired) electrons. The van der Waals surface area contributed by atoms with Gasteiger partial charge in [0.2, 0.25) is 5.91 Å². The van der Waals surface area contributed by atoms with Crippen LogP contribution in [-0.2, 0) is 16.0 Å². The molecule has 21 heavy (non-hydrogen) atoms. The summed E-state index contributed by atoms with van der Waals surface area (Å²) in [5.41, 5.74) is 6.19. The van der Waals surface area contributed by atoms with Crippen molar-refractivity contribution in [1.82, 2.24) is 0 Å². The summed E-state index contributed by atoms with van der Waals surface area (Å²) in [4.78, 5) is 25.2. The monoisotopic (exact) mass is 308 g/mol. The van der Waals surface area contributed by atoms with E-state index >= 15 is 0 Å². The number of nitrogens with two attached hydrogens (primary N) is 1. The molecule has 1 aromatic rings. The first-order valence-corrected chi connectivity index (χ1v) is 7.91. The third-order valence-electron chi connectivity index (χ3n) is 3.32. The minimum atomic E-state index is -0.401. The molecule has 6 heteroatoms. The molecule has 114 valence electrons. The Labute approximate surface area is 128 Å². The van der Waals surface area contributed by atoms with Crippen LogP contribution in [0, 0.1) is 5.92 Å². The molecule has 1 aliphatic rings. The predicted molar refractivity (Wildman–Crippen MR) is 83.5 cm³/mol. The fourth-order valence-corrected chi connectivity index (χ4v) is 3.18. The molecule has 0 bridgehead atoms. The van der Waals surface area contributed by atoms with E-state index in [2.05, 4.69) is 5.32 Å². The van der Waals surface area contributed by atoms with Crippen molar-refractivity contribution in [3.63, 3.8) is 0 Å². The normalized spacial score (nSPS) is 20.5. The molecule has 2 atom stereocenters. The highest BCUT2D eigenvalue weighted by molar-refractivity contribution is 7.16. The van der Waals surface area contributed by atoms with Crippen LogP contribution in [0.3, 0.4) is 0 Å². The van der Waals surface area contributed by atoms with Gasteiger partial charge in [-0.15, -0.1) is 11.3 Å². The van der Waals surface area contributed by atoms with Gasteiger partial charge in [-0.3, -0.25) is 4.79 Å². The number of carbonyl (C=O) groups is 2. The van der Waals surface area contributed by atoms with Gasteiger partial charge in [-0.05, 0) is 25.8 Å². The van der Waals surface area contributed by atoms with E-state index in [9.17, 15) is 9.59 Å². The van der Waals surface area contributed by atoms with E-state index in [0.29, 0.717) is 23.6 Å². The summed E-state index contributed by atoms with van der Waals surface area (Å²) < 4.78 is 5.03. The summed E-state index contributed by atoms with van der Waals surface area (Å²) in [6.07, 6.45) is 5.06. The number of ether oxygens (including phenoxy) is 1. The van der Waals surface area contributed by atoms with Gasteiger partial charge < -0.3 is 15.8 Å². The van der Waals surface area contributed by atoms with Crippen LogP contribution in [0.5, 0.6) is 0 Å². The first kappa shape index (κ1) is 15.7. The molecule has 0 fully saturated rings. The van der Waals surface area contributed by atoms with Crippen molar-refractivity contribution in [1.29, 1.82) is 0 Å². The molecule has 0 aliphatic heterocycles. The molecule has 3 N–H and O–H groups in total. The zero-order valence-corrected chi connectivity index (χ0v) is 13.0. The van der Waals surface area contributed by atoms with Crippen LogP contribution < -0.4 is 11.1 Å². The number of amides is 1. The van der Waals surface area contributed by atoms with Gasteiger partial charge in [0.25, 0.3) is 0 Å². The number of rotatable bonds is 5. The van der Waals surface area contributed by atoms with Crippen molar-refractivity contribution in [3.8, 4) is 0 Å². The zero-order valence-electron chi connectivity index (χ0n) is 12.2. The Morgan fingerprint density at radius 1 is 1.43 bits per heavy atom. The van der Waals surface area contributed by atoms with Gasteiger partial charge in [0.05, 0.1) is 18.1 Å². The highest BCUT2D eigenvalue weighted by Crippen LogP contribution is 2.30. The predicted octanol–water partition coefficient (Wildman–Crippen LogP) is 2.33. The molecule has 0 saturated heterocycles. The average molecular weight is 308 g/mol. The first-order chi connectivity index (χ1) is 10.0. The van der Waals surface area contributed by atoms with Crippen molar-refractivity contribution in [2.45, 2.75) is 32.7 Å². The van der Waals surface area contributed by atoms with Gasteiger partial charge in [0.15, 0.2) is 0 Å². The van der Waals surface area contributed by atoms with Crippen LogP contribution in [-0.4, -0.2) is 24.5 Å². The Morgan fingerprint density at radius 2 is 2.19 bits per heavy atom. The summed E-state index contributed by atoms with van der Waals surface area (Å²) in [6.45, 7) is 4.07. The van der Waals surface area contributed by atoms with Crippen LogP contribution in [0.25, 0.3) is 0 Å². The maximum Gasteiger partial charge on any atom is 0.341 e. The minimum absolute atomic E-state index is 0.0696. The van der Waals surface area contributed by atoms with Crippen molar-refractivity contribution < 1.29 is 14.3 Å². The van der Waals surface area contributed by atoms with Gasteiger partial charge in [-0.1, -0.05) is 19.1 Å². The molecule has 1 aliphatic carbocycles. The van der Waals surface area contributed by atoms with E-state index in [-0.39, 0.29) is 17.9 Å². The molecule has 1 heterocycles. The topological polar surface area (TPSA) is 81.4 Å². The Bertz CT molecular complexity index is 565. The number of aryl methyl sites for hydroxylation is 1. The molecule has 2 unspecified atom stereocenters. The maximum absolute atomic E-state index is 12.2. The number of thiophene rings is 1. The standard InChI is InChI=1S/C15H20N2O3S/c1-3-11-8-12(15(19)20-4-2)14(21-11)17-13(18)9-5-6-10(16)7-9/h5-6,8-10H,3-4,7,16H2,1-2H3,(H,17,18). The van der Waals surface area contributed by atoms with E-state index in [1.807, 2.05) is 19.1 Å². The maximum atomic E-state index is 12.2. The summed E-state index contributed by atoms with van der Waals surface area (Å²) in [6, 6.07) is 1.72. The fourth-order valence-electron chi connectivity index (χ4n) is 2.20. The van der Waals surface area contributed by atoms with E-state index < -0.39 is 5.97 Å². The van der Waals surface area contributed by atoms with E-state index in [4.69, 9.17) is 10.5 Å². The van der Waals surface area contributed by atoms with E-state index in [0.717, 1.165) is 11.3 Å². The molecule has 1 amide bonds. The third-order valence-corrected chi connectivity index (χ3v) is 4.51. The molecular weight excluding hydrogens is 288 g/mol. The summed E-state index contributed by atoms with van der Waals surface area (Å²) in [5, 5.41) is 3.40. The second-order valence-electron chi connectivity index (χ2n) is 4.91. The van der Waals surface area contributed by atoms with Gasteiger partial charge in [-0.25, -0.2) is 4.79 Å². The molecule has 0 saturated carbocycles. The molecule has 0 spiro atoms. The van der Waals surface area contributed by atoms with E-state index in [1.54, 1.807) is 13.0 Å². The minimum Gasteiger partial charge on any atom is -0.462 e. The van der Waals surface area contributed by atoms with Crippen LogP contribution in [0.1, 0.15) is 35.5 Å². The molecule has 5 nitrogen and oxygen atoms in total. The quantitative estimate of drug-likeness (QED) is 0.646. The third kappa shape index (κ3) is 3.71. The van der Waals surface area contributed by atoms with Gasteiger partial charge >= 0.3 is 5.97 Å². The summed E-state index contributed by atoms with van der Waals surface area (Å²) >= 11 is 1.41. The lowest BCUT2D eigenvalue weighted by Gasteiger charge is -2.10. The molecular formula is C15H20N2O3S. The molecule has 2 rings (SSSR count). The average Bonchev–Trinajstić information content (AvgIpc) is 3.05. The Kier molecular flexibility index (Phi) is 5.14. The lowest BCUT2D eigenvalue weighted by Crippen LogP contribution is -2.24. The number of anilines is 1. The number of hydrogen-bond donors (Lipinski definition) is 2. The number of esters is 1. The first-order valence-electron chi connectivity index (χ1n) is 7.09. The Morgan fingerprint density at radius 3 is 2.76 bits per heavy atom.